The first kappa shape index (κ1) is 11.3. The molecule has 14 heavy (non-hydrogen) atoms. The van der Waals surface area contributed by atoms with Crippen LogP contribution in [0.15, 0.2) is 5.16 Å². The minimum atomic E-state index is 0.278. The quantitative estimate of drug-likeness (QED) is 0.296. The van der Waals surface area contributed by atoms with Gasteiger partial charge in [-0.1, -0.05) is 5.16 Å². The van der Waals surface area contributed by atoms with Crippen molar-refractivity contribution < 1.29 is 9.94 Å². The fourth-order valence-electron chi connectivity index (χ4n) is 1.73. The summed E-state index contributed by atoms with van der Waals surface area (Å²) in [6, 6.07) is 0. The predicted octanol–water partition coefficient (Wildman–Crippen LogP) is 0.234. The first-order chi connectivity index (χ1) is 6.76. The van der Waals surface area contributed by atoms with Gasteiger partial charge in [-0.05, 0) is 19.8 Å². The highest BCUT2D eigenvalue weighted by Crippen LogP contribution is 2.12. The molecule has 0 atom stereocenters. The van der Waals surface area contributed by atoms with Gasteiger partial charge in [-0.25, -0.2) is 0 Å². The van der Waals surface area contributed by atoms with E-state index in [1.165, 1.54) is 0 Å². The highest BCUT2D eigenvalue weighted by Gasteiger charge is 2.19. The van der Waals surface area contributed by atoms with Gasteiger partial charge in [0.05, 0.1) is 12.6 Å². The number of hydrogen-bond acceptors (Lipinski definition) is 4. The van der Waals surface area contributed by atoms with Crippen molar-refractivity contribution in [3.63, 3.8) is 0 Å². The fourth-order valence-corrected chi connectivity index (χ4v) is 1.73. The van der Waals surface area contributed by atoms with Gasteiger partial charge in [0.1, 0.15) is 0 Å². The highest BCUT2D eigenvalue weighted by molar-refractivity contribution is 5.81. The van der Waals surface area contributed by atoms with E-state index in [2.05, 4.69) is 10.1 Å². The van der Waals surface area contributed by atoms with Gasteiger partial charge in [0, 0.05) is 19.7 Å². The van der Waals surface area contributed by atoms with Gasteiger partial charge in [0.2, 0.25) is 0 Å². The van der Waals surface area contributed by atoms with Gasteiger partial charge in [0.25, 0.3) is 0 Å². The zero-order chi connectivity index (χ0) is 10.4. The van der Waals surface area contributed by atoms with Crippen LogP contribution in [-0.2, 0) is 4.74 Å². The normalized spacial score (nSPS) is 21.4. The summed E-state index contributed by atoms with van der Waals surface area (Å²) in [5.74, 6) is 0.278. The average Bonchev–Trinajstić information content (AvgIpc) is 2.21. The Hall–Kier alpha value is -0.810. The molecule has 5 heteroatoms. The second kappa shape index (κ2) is 5.82. The Balaban J connectivity index is 2.22. The number of nitrogens with zero attached hydrogens (tertiary/aromatic N) is 2. The largest absolute Gasteiger partial charge is 0.409 e. The minimum absolute atomic E-state index is 0.278. The Kier molecular flexibility index (Phi) is 4.69. The Morgan fingerprint density at radius 3 is 2.71 bits per heavy atom. The van der Waals surface area contributed by atoms with Crippen molar-refractivity contribution >= 4 is 5.84 Å². The molecule has 0 aliphatic carbocycles. The second-order valence-corrected chi connectivity index (χ2v) is 3.52. The lowest BCUT2D eigenvalue weighted by Gasteiger charge is -2.31. The predicted molar refractivity (Wildman–Crippen MR) is 54.5 cm³/mol. The minimum Gasteiger partial charge on any atom is -0.409 e. The van der Waals surface area contributed by atoms with Gasteiger partial charge in [0.15, 0.2) is 5.84 Å². The molecule has 1 saturated heterocycles. The van der Waals surface area contributed by atoms with E-state index in [1.807, 2.05) is 6.92 Å². The van der Waals surface area contributed by atoms with Crippen LogP contribution in [0.4, 0.5) is 0 Å². The third-order valence-electron chi connectivity index (χ3n) is 2.45. The molecular formula is C9H19N3O2. The third kappa shape index (κ3) is 3.51. The van der Waals surface area contributed by atoms with E-state index >= 15 is 0 Å². The SMILES string of the molecule is CCOC1CCN(C/C(N)=N/O)CC1. The molecular weight excluding hydrogens is 182 g/mol. The highest BCUT2D eigenvalue weighted by atomic mass is 16.5. The molecule has 0 amide bonds. The van der Waals surface area contributed by atoms with Gasteiger partial charge in [-0.3, -0.25) is 4.90 Å². The zero-order valence-corrected chi connectivity index (χ0v) is 8.65. The lowest BCUT2D eigenvalue weighted by Crippen LogP contribution is -2.41. The van der Waals surface area contributed by atoms with Crippen LogP contribution in [0.5, 0.6) is 0 Å². The van der Waals surface area contributed by atoms with E-state index in [9.17, 15) is 0 Å². The molecule has 0 aromatic heterocycles. The Morgan fingerprint density at radius 1 is 1.57 bits per heavy atom. The molecule has 1 aliphatic rings. The molecule has 0 unspecified atom stereocenters. The summed E-state index contributed by atoms with van der Waals surface area (Å²) in [4.78, 5) is 2.17. The maximum atomic E-state index is 8.41. The molecule has 1 rings (SSSR count). The van der Waals surface area contributed by atoms with Gasteiger partial charge < -0.3 is 15.7 Å². The topological polar surface area (TPSA) is 71.1 Å². The van der Waals surface area contributed by atoms with Crippen molar-refractivity contribution in [1.29, 1.82) is 0 Å². The molecule has 0 aromatic carbocycles. The van der Waals surface area contributed by atoms with E-state index in [0.717, 1.165) is 32.5 Å². The molecule has 5 nitrogen and oxygen atoms in total. The average molecular weight is 201 g/mol. The van der Waals surface area contributed by atoms with E-state index in [4.69, 9.17) is 15.7 Å². The smallest absolute Gasteiger partial charge is 0.153 e. The van der Waals surface area contributed by atoms with Crippen molar-refractivity contribution in [2.75, 3.05) is 26.2 Å². The van der Waals surface area contributed by atoms with Crippen LogP contribution in [-0.4, -0.2) is 48.3 Å². The number of amidine groups is 1. The van der Waals surface area contributed by atoms with Crippen molar-refractivity contribution in [2.45, 2.75) is 25.9 Å². The van der Waals surface area contributed by atoms with Gasteiger partial charge >= 0.3 is 0 Å². The summed E-state index contributed by atoms with van der Waals surface area (Å²) in [6.07, 6.45) is 2.46. The number of oxime groups is 1. The Labute approximate surface area is 84.5 Å². The summed E-state index contributed by atoms with van der Waals surface area (Å²) >= 11 is 0. The second-order valence-electron chi connectivity index (χ2n) is 3.52. The number of piperidine rings is 1. The lowest BCUT2D eigenvalue weighted by molar-refractivity contribution is 0.0174. The molecule has 3 N–H and O–H groups in total. The number of hydrogen-bond donors (Lipinski definition) is 2. The summed E-state index contributed by atoms with van der Waals surface area (Å²) in [7, 11) is 0. The van der Waals surface area contributed by atoms with Crippen LogP contribution < -0.4 is 5.73 Å². The van der Waals surface area contributed by atoms with E-state index in [1.54, 1.807) is 0 Å². The van der Waals surface area contributed by atoms with Crippen LogP contribution in [0.1, 0.15) is 19.8 Å². The number of ether oxygens (including phenoxy) is 1. The van der Waals surface area contributed by atoms with Crippen LogP contribution in [0.2, 0.25) is 0 Å². The van der Waals surface area contributed by atoms with Crippen LogP contribution in [0, 0.1) is 0 Å². The Bertz CT molecular complexity index is 188. The molecule has 1 fully saturated rings. The van der Waals surface area contributed by atoms with Gasteiger partial charge in [-0.15, -0.1) is 0 Å². The Morgan fingerprint density at radius 2 is 2.21 bits per heavy atom. The van der Waals surface area contributed by atoms with E-state index in [-0.39, 0.29) is 5.84 Å². The molecule has 0 bridgehead atoms. The standard InChI is InChI=1S/C9H19N3O2/c1-2-14-8-3-5-12(6-4-8)7-9(10)11-13/h8,13H,2-7H2,1H3,(H2,10,11). The first-order valence-corrected chi connectivity index (χ1v) is 5.06. The van der Waals surface area contributed by atoms with Crippen molar-refractivity contribution in [3.05, 3.63) is 0 Å². The monoisotopic (exact) mass is 201 g/mol. The molecule has 0 saturated carbocycles. The van der Waals surface area contributed by atoms with Crippen LogP contribution >= 0.6 is 0 Å². The van der Waals surface area contributed by atoms with Crippen LogP contribution in [0.3, 0.4) is 0 Å². The van der Waals surface area contributed by atoms with Crippen molar-refractivity contribution in [3.8, 4) is 0 Å². The third-order valence-corrected chi connectivity index (χ3v) is 2.45. The maximum Gasteiger partial charge on any atom is 0.153 e. The molecule has 0 spiro atoms. The number of likely N-dealkylation sites (tertiary alicyclic amines) is 1. The molecule has 0 aromatic rings. The summed E-state index contributed by atoms with van der Waals surface area (Å²) in [5, 5.41) is 11.4. The molecule has 0 radical (unpaired) electrons. The number of nitrogens with two attached hydrogens (primary N) is 1. The lowest BCUT2D eigenvalue weighted by atomic mass is 10.1. The van der Waals surface area contributed by atoms with E-state index < -0.39 is 0 Å². The zero-order valence-electron chi connectivity index (χ0n) is 8.65. The summed E-state index contributed by atoms with van der Waals surface area (Å²) in [5.41, 5.74) is 5.42. The summed E-state index contributed by atoms with van der Waals surface area (Å²) < 4.78 is 5.52. The first-order valence-electron chi connectivity index (χ1n) is 5.06. The molecule has 1 aliphatic heterocycles. The summed E-state index contributed by atoms with van der Waals surface area (Å²) in [6.45, 7) is 5.27. The van der Waals surface area contributed by atoms with E-state index in [0.29, 0.717) is 12.6 Å². The number of rotatable bonds is 4. The fraction of sp³-hybridized carbons (Fsp3) is 0.889. The maximum absolute atomic E-state index is 8.41. The van der Waals surface area contributed by atoms with Crippen molar-refractivity contribution in [1.82, 2.24) is 4.90 Å². The van der Waals surface area contributed by atoms with Gasteiger partial charge in [-0.2, -0.15) is 0 Å². The molecule has 1 heterocycles. The molecule has 82 valence electrons. The van der Waals surface area contributed by atoms with Crippen LogP contribution in [0.25, 0.3) is 0 Å². The van der Waals surface area contributed by atoms with Crippen molar-refractivity contribution in [2.24, 2.45) is 10.9 Å².